The molecular weight excluding hydrogens is 418 g/mol. The van der Waals surface area contributed by atoms with Gasteiger partial charge in [0.1, 0.15) is 11.2 Å². The van der Waals surface area contributed by atoms with Crippen molar-refractivity contribution in [1.29, 1.82) is 0 Å². The van der Waals surface area contributed by atoms with Crippen molar-refractivity contribution in [2.45, 2.75) is 27.1 Å². The normalized spacial score (nSPS) is 11.3. The molecule has 8 nitrogen and oxygen atoms in total. The Morgan fingerprint density at radius 1 is 1.17 bits per heavy atom. The van der Waals surface area contributed by atoms with E-state index in [2.05, 4.69) is 24.8 Å². The second kappa shape index (κ2) is 8.19. The summed E-state index contributed by atoms with van der Waals surface area (Å²) in [6.07, 6.45) is 1.45. The first kappa shape index (κ1) is 20.0. The third-order valence-corrected chi connectivity index (χ3v) is 5.48. The largest absolute Gasteiger partial charge is 0.493 e. The molecule has 30 heavy (non-hydrogen) atoms. The van der Waals surface area contributed by atoms with Crippen LogP contribution in [-0.4, -0.2) is 33.8 Å². The van der Waals surface area contributed by atoms with E-state index in [1.165, 1.54) is 31.6 Å². The van der Waals surface area contributed by atoms with E-state index in [9.17, 15) is 8.78 Å². The van der Waals surface area contributed by atoms with Crippen molar-refractivity contribution in [2.75, 3.05) is 7.11 Å². The highest BCUT2D eigenvalue weighted by molar-refractivity contribution is 7.18. The lowest BCUT2D eigenvalue weighted by Gasteiger charge is -2.10. The van der Waals surface area contributed by atoms with Crippen LogP contribution >= 0.6 is 11.3 Å². The summed E-state index contributed by atoms with van der Waals surface area (Å²) < 4.78 is 45.5. The van der Waals surface area contributed by atoms with Gasteiger partial charge in [-0.15, -0.1) is 11.3 Å². The van der Waals surface area contributed by atoms with Gasteiger partial charge >= 0.3 is 6.61 Å². The minimum atomic E-state index is -2.96. The van der Waals surface area contributed by atoms with Crippen molar-refractivity contribution in [1.82, 2.24) is 20.1 Å². The average Bonchev–Trinajstić information content (AvgIpc) is 3.31. The summed E-state index contributed by atoms with van der Waals surface area (Å²) in [4.78, 5) is 14.7. The Balaban J connectivity index is 1.53. The van der Waals surface area contributed by atoms with Crippen LogP contribution in [0.1, 0.15) is 16.3 Å². The standard InChI is InChI=1S/C19H16F2N4O4S/c1-9-10(2)30-18-15(9)17(22-8-23-18)27-7-14-24-16(25-29-14)11-4-5-12(28-19(20)21)13(6-11)26-3/h4-6,8,19H,7H2,1-3H3. The Labute approximate surface area is 173 Å². The summed E-state index contributed by atoms with van der Waals surface area (Å²) in [6, 6.07) is 4.37. The lowest BCUT2D eigenvalue weighted by Crippen LogP contribution is -2.03. The summed E-state index contributed by atoms with van der Waals surface area (Å²) in [6.45, 7) is 1.06. The quantitative estimate of drug-likeness (QED) is 0.418. The minimum absolute atomic E-state index is 0.0111. The number of nitrogens with zero attached hydrogens (tertiary/aromatic N) is 4. The number of hydrogen-bond acceptors (Lipinski definition) is 9. The first-order valence-electron chi connectivity index (χ1n) is 8.75. The van der Waals surface area contributed by atoms with Gasteiger partial charge in [-0.2, -0.15) is 13.8 Å². The van der Waals surface area contributed by atoms with E-state index in [4.69, 9.17) is 14.0 Å². The molecule has 3 heterocycles. The van der Waals surface area contributed by atoms with E-state index in [1.807, 2.05) is 13.8 Å². The third-order valence-electron chi connectivity index (χ3n) is 4.37. The first-order chi connectivity index (χ1) is 14.5. The monoisotopic (exact) mass is 434 g/mol. The SMILES string of the molecule is COc1cc(-c2noc(COc3ncnc4sc(C)c(C)c34)n2)ccc1OC(F)F. The smallest absolute Gasteiger partial charge is 0.387 e. The van der Waals surface area contributed by atoms with Crippen molar-refractivity contribution >= 4 is 21.6 Å². The van der Waals surface area contributed by atoms with Crippen molar-refractivity contribution in [2.24, 2.45) is 0 Å². The van der Waals surface area contributed by atoms with Crippen LogP contribution in [0.25, 0.3) is 21.6 Å². The molecule has 1 aromatic carbocycles. The molecular formula is C19H16F2N4O4S. The van der Waals surface area contributed by atoms with Gasteiger partial charge < -0.3 is 18.7 Å². The van der Waals surface area contributed by atoms with E-state index in [0.29, 0.717) is 11.4 Å². The number of aryl methyl sites for hydroxylation is 2. The fourth-order valence-electron chi connectivity index (χ4n) is 2.82. The van der Waals surface area contributed by atoms with Crippen molar-refractivity contribution in [3.63, 3.8) is 0 Å². The van der Waals surface area contributed by atoms with E-state index >= 15 is 0 Å². The molecule has 0 N–H and O–H groups in total. The van der Waals surface area contributed by atoms with Crippen LogP contribution in [0.2, 0.25) is 0 Å². The van der Waals surface area contributed by atoms with E-state index in [0.717, 1.165) is 20.7 Å². The van der Waals surface area contributed by atoms with E-state index in [-0.39, 0.29) is 29.8 Å². The Morgan fingerprint density at radius 2 is 2.00 bits per heavy atom. The number of aromatic nitrogens is 4. The first-order valence-corrected chi connectivity index (χ1v) is 9.57. The molecule has 0 unspecified atom stereocenters. The highest BCUT2D eigenvalue weighted by Gasteiger charge is 2.17. The van der Waals surface area contributed by atoms with E-state index in [1.54, 1.807) is 11.3 Å². The molecule has 156 valence electrons. The Kier molecular flexibility index (Phi) is 5.44. The highest BCUT2D eigenvalue weighted by Crippen LogP contribution is 2.34. The molecule has 0 bridgehead atoms. The second-order valence-corrected chi connectivity index (χ2v) is 7.39. The highest BCUT2D eigenvalue weighted by atomic mass is 32.1. The summed E-state index contributed by atoms with van der Waals surface area (Å²) in [5, 5.41) is 4.77. The fourth-order valence-corrected chi connectivity index (χ4v) is 3.81. The topological polar surface area (TPSA) is 92.4 Å². The Hall–Kier alpha value is -3.34. The lowest BCUT2D eigenvalue weighted by atomic mass is 10.2. The maximum absolute atomic E-state index is 12.5. The van der Waals surface area contributed by atoms with Crippen LogP contribution in [0.5, 0.6) is 17.4 Å². The Bertz CT molecular complexity index is 1190. The molecule has 11 heteroatoms. The summed E-state index contributed by atoms with van der Waals surface area (Å²) in [5.74, 6) is 0.968. The summed E-state index contributed by atoms with van der Waals surface area (Å²) >= 11 is 1.57. The molecule has 0 atom stereocenters. The maximum Gasteiger partial charge on any atom is 0.387 e. The number of thiophene rings is 1. The average molecular weight is 434 g/mol. The molecule has 4 aromatic rings. The van der Waals surface area contributed by atoms with Gasteiger partial charge in [-0.1, -0.05) is 5.16 Å². The lowest BCUT2D eigenvalue weighted by molar-refractivity contribution is -0.0512. The van der Waals surface area contributed by atoms with Gasteiger partial charge in [0.2, 0.25) is 11.7 Å². The molecule has 3 aromatic heterocycles. The molecule has 0 aliphatic rings. The number of ether oxygens (including phenoxy) is 3. The van der Waals surface area contributed by atoms with Gasteiger partial charge in [0.25, 0.3) is 5.89 Å². The van der Waals surface area contributed by atoms with Crippen LogP contribution in [0, 0.1) is 13.8 Å². The number of hydrogen-bond donors (Lipinski definition) is 0. The number of fused-ring (bicyclic) bond motifs is 1. The van der Waals surface area contributed by atoms with Gasteiger partial charge in [-0.3, -0.25) is 0 Å². The van der Waals surface area contributed by atoms with Crippen LogP contribution in [0.3, 0.4) is 0 Å². The van der Waals surface area contributed by atoms with Gasteiger partial charge in [-0.05, 0) is 37.6 Å². The molecule has 0 spiro atoms. The number of alkyl halides is 2. The molecule has 0 fully saturated rings. The van der Waals surface area contributed by atoms with Gasteiger partial charge in [0, 0.05) is 10.4 Å². The van der Waals surface area contributed by atoms with Gasteiger partial charge in [0.15, 0.2) is 18.1 Å². The zero-order valence-electron chi connectivity index (χ0n) is 16.2. The maximum atomic E-state index is 12.5. The van der Waals surface area contributed by atoms with Crippen molar-refractivity contribution in [3.05, 3.63) is 40.9 Å². The predicted octanol–water partition coefficient (Wildman–Crippen LogP) is 4.55. The Morgan fingerprint density at radius 3 is 2.77 bits per heavy atom. The van der Waals surface area contributed by atoms with Gasteiger partial charge in [0.05, 0.1) is 12.5 Å². The molecule has 0 amide bonds. The molecule has 0 saturated heterocycles. The van der Waals surface area contributed by atoms with E-state index < -0.39 is 6.61 Å². The van der Waals surface area contributed by atoms with Gasteiger partial charge in [-0.25, -0.2) is 9.97 Å². The number of rotatable bonds is 7. The zero-order valence-corrected chi connectivity index (χ0v) is 17.0. The van der Waals surface area contributed by atoms with Crippen LogP contribution in [0.15, 0.2) is 29.0 Å². The fraction of sp³-hybridized carbons (Fsp3) is 0.263. The van der Waals surface area contributed by atoms with Crippen LogP contribution < -0.4 is 14.2 Å². The molecule has 0 radical (unpaired) electrons. The second-order valence-electron chi connectivity index (χ2n) is 6.19. The predicted molar refractivity (Wildman–Crippen MR) is 104 cm³/mol. The van der Waals surface area contributed by atoms with Crippen molar-refractivity contribution in [3.8, 4) is 28.8 Å². The number of methoxy groups -OCH3 is 1. The number of benzene rings is 1. The molecule has 0 saturated carbocycles. The number of halogens is 2. The molecule has 0 aliphatic carbocycles. The van der Waals surface area contributed by atoms with Crippen LogP contribution in [0.4, 0.5) is 8.78 Å². The molecule has 0 aliphatic heterocycles. The van der Waals surface area contributed by atoms with Crippen LogP contribution in [-0.2, 0) is 6.61 Å². The summed E-state index contributed by atoms with van der Waals surface area (Å²) in [5.41, 5.74) is 1.58. The molecule has 4 rings (SSSR count). The zero-order chi connectivity index (χ0) is 21.3. The third kappa shape index (κ3) is 3.88. The summed E-state index contributed by atoms with van der Waals surface area (Å²) in [7, 11) is 1.35. The van der Waals surface area contributed by atoms with Crippen molar-refractivity contribution < 1.29 is 27.5 Å². The minimum Gasteiger partial charge on any atom is -0.493 e.